The third-order valence-corrected chi connectivity index (χ3v) is 3.82. The van der Waals surface area contributed by atoms with Gasteiger partial charge in [-0.05, 0) is 12.8 Å². The summed E-state index contributed by atoms with van der Waals surface area (Å²) in [5.74, 6) is 1.78. The SMILES string of the molecule is O=c1[nH]ccnc1NC1CCS(=O)CC1. The van der Waals surface area contributed by atoms with Crippen molar-refractivity contribution in [2.24, 2.45) is 0 Å². The van der Waals surface area contributed by atoms with Crippen LogP contribution < -0.4 is 10.9 Å². The van der Waals surface area contributed by atoms with Crippen LogP contribution in [-0.2, 0) is 10.8 Å². The molecule has 0 saturated carbocycles. The van der Waals surface area contributed by atoms with Crippen LogP contribution in [0.25, 0.3) is 0 Å². The Hall–Kier alpha value is -1.17. The van der Waals surface area contributed by atoms with Gasteiger partial charge in [0.2, 0.25) is 0 Å². The van der Waals surface area contributed by atoms with Gasteiger partial charge in [-0.25, -0.2) is 4.98 Å². The first-order valence-corrected chi connectivity index (χ1v) is 6.40. The summed E-state index contributed by atoms with van der Waals surface area (Å²) in [4.78, 5) is 17.8. The molecule has 1 aromatic heterocycles. The topological polar surface area (TPSA) is 74.8 Å². The van der Waals surface area contributed by atoms with Gasteiger partial charge in [-0.2, -0.15) is 0 Å². The lowest BCUT2D eigenvalue weighted by molar-refractivity contribution is 0.622. The number of nitrogens with one attached hydrogen (secondary N) is 2. The molecule has 0 spiro atoms. The highest BCUT2D eigenvalue weighted by atomic mass is 32.2. The van der Waals surface area contributed by atoms with E-state index < -0.39 is 10.8 Å². The van der Waals surface area contributed by atoms with Crippen molar-refractivity contribution in [3.05, 3.63) is 22.7 Å². The number of anilines is 1. The molecule has 0 aromatic carbocycles. The molecular weight excluding hydrogens is 214 g/mol. The smallest absolute Gasteiger partial charge is 0.290 e. The number of nitrogens with zero attached hydrogens (tertiary/aromatic N) is 1. The third-order valence-electron chi connectivity index (χ3n) is 2.44. The van der Waals surface area contributed by atoms with Crippen molar-refractivity contribution < 1.29 is 4.21 Å². The summed E-state index contributed by atoms with van der Waals surface area (Å²) in [5, 5.41) is 3.08. The van der Waals surface area contributed by atoms with E-state index in [1.165, 1.54) is 6.20 Å². The zero-order valence-corrected chi connectivity index (χ0v) is 9.05. The third kappa shape index (κ3) is 2.65. The molecule has 0 radical (unpaired) electrons. The molecule has 15 heavy (non-hydrogen) atoms. The molecule has 0 amide bonds. The van der Waals surface area contributed by atoms with Gasteiger partial charge >= 0.3 is 0 Å². The molecule has 1 aromatic rings. The first-order chi connectivity index (χ1) is 7.25. The number of aromatic nitrogens is 2. The van der Waals surface area contributed by atoms with Gasteiger partial charge in [-0.1, -0.05) is 0 Å². The first kappa shape index (κ1) is 10.4. The van der Waals surface area contributed by atoms with E-state index in [4.69, 9.17) is 0 Å². The lowest BCUT2D eigenvalue weighted by Gasteiger charge is -2.22. The highest BCUT2D eigenvalue weighted by Crippen LogP contribution is 2.12. The van der Waals surface area contributed by atoms with Crippen LogP contribution in [0, 0.1) is 0 Å². The van der Waals surface area contributed by atoms with E-state index >= 15 is 0 Å². The van der Waals surface area contributed by atoms with E-state index in [0.29, 0.717) is 17.3 Å². The van der Waals surface area contributed by atoms with Gasteiger partial charge in [0.15, 0.2) is 5.82 Å². The molecule has 1 saturated heterocycles. The molecule has 0 aliphatic carbocycles. The summed E-state index contributed by atoms with van der Waals surface area (Å²) < 4.78 is 11.1. The molecule has 0 bridgehead atoms. The fourth-order valence-corrected chi connectivity index (χ4v) is 2.88. The quantitative estimate of drug-likeness (QED) is 0.751. The number of aromatic amines is 1. The van der Waals surface area contributed by atoms with E-state index in [2.05, 4.69) is 15.3 Å². The molecule has 1 fully saturated rings. The van der Waals surface area contributed by atoms with Crippen LogP contribution in [0.4, 0.5) is 5.82 Å². The number of hydrogen-bond donors (Lipinski definition) is 2. The predicted octanol–water partition coefficient (Wildman–Crippen LogP) is 0.0929. The summed E-state index contributed by atoms with van der Waals surface area (Å²) in [5.41, 5.74) is -0.204. The Morgan fingerprint density at radius 3 is 2.87 bits per heavy atom. The number of rotatable bonds is 2. The summed E-state index contributed by atoms with van der Waals surface area (Å²) >= 11 is 0. The van der Waals surface area contributed by atoms with E-state index in [1.54, 1.807) is 6.20 Å². The van der Waals surface area contributed by atoms with Gasteiger partial charge in [0.05, 0.1) is 0 Å². The second kappa shape index (κ2) is 4.57. The zero-order chi connectivity index (χ0) is 10.7. The minimum Gasteiger partial charge on any atom is -0.363 e. The summed E-state index contributed by atoms with van der Waals surface area (Å²) in [6.45, 7) is 0. The Bertz CT molecular complexity index is 408. The van der Waals surface area contributed by atoms with Gasteiger partial charge in [-0.3, -0.25) is 9.00 Å². The fourth-order valence-electron chi connectivity index (χ4n) is 1.59. The highest BCUT2D eigenvalue weighted by molar-refractivity contribution is 7.85. The highest BCUT2D eigenvalue weighted by Gasteiger charge is 2.18. The standard InChI is InChI=1S/C9H13N3O2S/c13-9-8(10-3-4-11-9)12-7-1-5-15(14)6-2-7/h3-4,7H,1-2,5-6H2,(H,10,12)(H,11,13). The van der Waals surface area contributed by atoms with Gasteiger partial charge in [0.1, 0.15) is 0 Å². The van der Waals surface area contributed by atoms with Crippen LogP contribution in [0.15, 0.2) is 17.2 Å². The van der Waals surface area contributed by atoms with Crippen LogP contribution in [0.3, 0.4) is 0 Å². The van der Waals surface area contributed by atoms with Crippen molar-refractivity contribution in [2.75, 3.05) is 16.8 Å². The second-order valence-corrected chi connectivity index (χ2v) is 5.23. The average Bonchev–Trinajstić information content (AvgIpc) is 2.25. The van der Waals surface area contributed by atoms with Crippen LogP contribution in [-0.4, -0.2) is 31.7 Å². The van der Waals surface area contributed by atoms with Gasteiger partial charge in [0, 0.05) is 40.7 Å². The molecule has 1 aliphatic heterocycles. The van der Waals surface area contributed by atoms with Crippen molar-refractivity contribution in [3.63, 3.8) is 0 Å². The van der Waals surface area contributed by atoms with E-state index in [-0.39, 0.29) is 11.6 Å². The molecular formula is C9H13N3O2S. The van der Waals surface area contributed by atoms with Crippen molar-refractivity contribution in [1.29, 1.82) is 0 Å². The molecule has 0 atom stereocenters. The molecule has 1 aliphatic rings. The Morgan fingerprint density at radius 1 is 1.47 bits per heavy atom. The monoisotopic (exact) mass is 227 g/mol. The van der Waals surface area contributed by atoms with Crippen LogP contribution in [0.1, 0.15) is 12.8 Å². The second-order valence-electron chi connectivity index (χ2n) is 3.53. The largest absolute Gasteiger partial charge is 0.363 e. The molecule has 2 rings (SSSR count). The summed E-state index contributed by atoms with van der Waals surface area (Å²) in [7, 11) is -0.671. The minimum atomic E-state index is -0.671. The van der Waals surface area contributed by atoms with Crippen LogP contribution in [0.2, 0.25) is 0 Å². The normalized spacial score (nSPS) is 26.1. The van der Waals surface area contributed by atoms with Gasteiger partial charge in [0.25, 0.3) is 5.56 Å². The van der Waals surface area contributed by atoms with Crippen molar-refractivity contribution >= 4 is 16.6 Å². The molecule has 82 valence electrons. The first-order valence-electron chi connectivity index (χ1n) is 4.91. The number of hydrogen-bond acceptors (Lipinski definition) is 4. The van der Waals surface area contributed by atoms with Crippen LogP contribution in [0.5, 0.6) is 0 Å². The Balaban J connectivity index is 2.01. The average molecular weight is 227 g/mol. The van der Waals surface area contributed by atoms with E-state index in [9.17, 15) is 9.00 Å². The Morgan fingerprint density at radius 2 is 2.20 bits per heavy atom. The molecule has 6 heteroatoms. The van der Waals surface area contributed by atoms with Crippen LogP contribution >= 0.6 is 0 Å². The van der Waals surface area contributed by atoms with Gasteiger partial charge < -0.3 is 10.3 Å². The van der Waals surface area contributed by atoms with Gasteiger partial charge in [-0.15, -0.1) is 0 Å². The van der Waals surface area contributed by atoms with E-state index in [1.807, 2.05) is 0 Å². The maximum Gasteiger partial charge on any atom is 0.290 e. The molecule has 5 nitrogen and oxygen atoms in total. The Kier molecular flexibility index (Phi) is 3.15. The molecule has 0 unspecified atom stereocenters. The maximum absolute atomic E-state index is 11.3. The lowest BCUT2D eigenvalue weighted by atomic mass is 10.1. The van der Waals surface area contributed by atoms with Crippen molar-refractivity contribution in [3.8, 4) is 0 Å². The van der Waals surface area contributed by atoms with Crippen molar-refractivity contribution in [2.45, 2.75) is 18.9 Å². The Labute approximate surface area is 89.8 Å². The zero-order valence-electron chi connectivity index (χ0n) is 8.23. The molecule has 2 N–H and O–H groups in total. The maximum atomic E-state index is 11.3. The minimum absolute atomic E-state index is 0.204. The lowest BCUT2D eigenvalue weighted by Crippen LogP contribution is -2.32. The fraction of sp³-hybridized carbons (Fsp3) is 0.556. The van der Waals surface area contributed by atoms with E-state index in [0.717, 1.165) is 12.8 Å². The van der Waals surface area contributed by atoms with Crippen molar-refractivity contribution in [1.82, 2.24) is 9.97 Å². The molecule has 2 heterocycles. The summed E-state index contributed by atoms with van der Waals surface area (Å²) in [6, 6.07) is 0.221. The number of H-pyrrole nitrogens is 1. The predicted molar refractivity (Wildman–Crippen MR) is 59.4 cm³/mol. The summed E-state index contributed by atoms with van der Waals surface area (Å²) in [6.07, 6.45) is 4.72.